The van der Waals surface area contributed by atoms with Crippen LogP contribution in [0.25, 0.3) is 0 Å². The lowest BCUT2D eigenvalue weighted by Crippen LogP contribution is -2.51. The van der Waals surface area contributed by atoms with Crippen LogP contribution in [0.1, 0.15) is 20.8 Å². The molecule has 0 aromatic heterocycles. The Bertz CT molecular complexity index is 560. The summed E-state index contributed by atoms with van der Waals surface area (Å²) in [5, 5.41) is 2.91. The van der Waals surface area contributed by atoms with Crippen molar-refractivity contribution in [1.82, 2.24) is 10.2 Å². The van der Waals surface area contributed by atoms with Gasteiger partial charge >= 0.3 is 6.09 Å². The van der Waals surface area contributed by atoms with Crippen molar-refractivity contribution in [2.45, 2.75) is 20.8 Å². The minimum atomic E-state index is -0.446. The molecule has 0 radical (unpaired) electrons. The summed E-state index contributed by atoms with van der Waals surface area (Å²) in [4.78, 5) is 24.7. The number of quaternary nitrogens is 1. The van der Waals surface area contributed by atoms with Crippen molar-refractivity contribution in [3.05, 3.63) is 24.3 Å². The molecular weight excluding hydrogens is 334 g/mol. The Morgan fingerprint density at radius 2 is 1.54 bits per heavy atom. The molecule has 0 unspecified atom stereocenters. The van der Waals surface area contributed by atoms with Crippen LogP contribution in [0.15, 0.2) is 24.3 Å². The molecule has 0 spiro atoms. The van der Waals surface area contributed by atoms with Crippen LogP contribution >= 0.6 is 0 Å². The van der Waals surface area contributed by atoms with Crippen LogP contribution in [0.2, 0.25) is 0 Å². The number of nitrogens with zero attached hydrogens (tertiary/aromatic N) is 2. The molecule has 2 amide bonds. The number of hydrogen-bond donors (Lipinski definition) is 1. The fourth-order valence-corrected chi connectivity index (χ4v) is 2.57. The van der Waals surface area contributed by atoms with E-state index in [-0.39, 0.29) is 12.5 Å². The first-order valence-corrected chi connectivity index (χ1v) is 9.09. The van der Waals surface area contributed by atoms with E-state index in [1.54, 1.807) is 38.4 Å². The molecule has 1 aromatic carbocycles. The van der Waals surface area contributed by atoms with Crippen molar-refractivity contribution < 1.29 is 23.5 Å². The molecule has 1 rings (SSSR count). The zero-order chi connectivity index (χ0) is 19.6. The fourth-order valence-electron chi connectivity index (χ4n) is 2.57. The van der Waals surface area contributed by atoms with Gasteiger partial charge in [0.05, 0.1) is 32.7 Å². The van der Waals surface area contributed by atoms with Crippen LogP contribution in [0, 0.1) is 0 Å². The lowest BCUT2D eigenvalue weighted by molar-refractivity contribution is -0.922. The second kappa shape index (κ2) is 10.7. The number of carbonyl (C=O) groups is 2. The normalized spacial score (nSPS) is 11.0. The number of rotatable bonds is 10. The minimum absolute atomic E-state index is 0.0405. The standard InChI is InChI=1S/C19H31N3O4/c1-6-22(7-2,8-3)14-13-20-18(23)15-25-16-9-11-17(12-10-16)26-19(24)21(4)5/h9-12H,6-8,13-15H2,1-5H3/p+1. The molecule has 1 aromatic rings. The molecule has 0 heterocycles. The van der Waals surface area contributed by atoms with Crippen LogP contribution in [0.5, 0.6) is 11.5 Å². The number of amides is 2. The quantitative estimate of drug-likeness (QED) is 0.644. The van der Waals surface area contributed by atoms with Crippen molar-refractivity contribution >= 4 is 12.0 Å². The maximum atomic E-state index is 11.9. The fraction of sp³-hybridized carbons (Fsp3) is 0.579. The predicted molar refractivity (Wildman–Crippen MR) is 101 cm³/mol. The molecule has 1 N–H and O–H groups in total. The van der Waals surface area contributed by atoms with Crippen molar-refractivity contribution in [3.8, 4) is 11.5 Å². The third-order valence-corrected chi connectivity index (χ3v) is 4.68. The number of benzene rings is 1. The second-order valence-corrected chi connectivity index (χ2v) is 6.39. The van der Waals surface area contributed by atoms with Crippen LogP contribution in [-0.4, -0.2) is 74.8 Å². The largest absolute Gasteiger partial charge is 0.484 e. The van der Waals surface area contributed by atoms with Gasteiger partial charge in [0, 0.05) is 14.1 Å². The van der Waals surface area contributed by atoms with Gasteiger partial charge in [0.15, 0.2) is 6.61 Å². The summed E-state index contributed by atoms with van der Waals surface area (Å²) in [7, 11) is 3.23. The van der Waals surface area contributed by atoms with Crippen molar-refractivity contribution in [1.29, 1.82) is 0 Å². The van der Waals surface area contributed by atoms with Gasteiger partial charge in [0.25, 0.3) is 5.91 Å². The van der Waals surface area contributed by atoms with Crippen LogP contribution in [-0.2, 0) is 4.79 Å². The highest BCUT2D eigenvalue weighted by molar-refractivity contribution is 5.77. The van der Waals surface area contributed by atoms with E-state index < -0.39 is 6.09 Å². The highest BCUT2D eigenvalue weighted by Gasteiger charge is 2.20. The lowest BCUT2D eigenvalue weighted by atomic mass is 10.3. The van der Waals surface area contributed by atoms with Gasteiger partial charge in [-0.15, -0.1) is 0 Å². The summed E-state index contributed by atoms with van der Waals surface area (Å²) in [6.45, 7) is 11.2. The average molecular weight is 366 g/mol. The van der Waals surface area contributed by atoms with Gasteiger partial charge in [-0.1, -0.05) is 0 Å². The van der Waals surface area contributed by atoms with Gasteiger partial charge < -0.3 is 24.2 Å². The highest BCUT2D eigenvalue weighted by atomic mass is 16.6. The summed E-state index contributed by atoms with van der Waals surface area (Å²) in [5.41, 5.74) is 0. The first-order chi connectivity index (χ1) is 12.4. The maximum absolute atomic E-state index is 11.9. The number of carbonyl (C=O) groups excluding carboxylic acids is 2. The molecular formula is C19H32N3O4+. The molecule has 0 saturated heterocycles. The Labute approximate surface area is 156 Å². The lowest BCUT2D eigenvalue weighted by Gasteiger charge is -2.35. The third kappa shape index (κ3) is 6.92. The topological polar surface area (TPSA) is 67.9 Å². The molecule has 26 heavy (non-hydrogen) atoms. The van der Waals surface area contributed by atoms with E-state index in [9.17, 15) is 9.59 Å². The summed E-state index contributed by atoms with van der Waals surface area (Å²) in [5.74, 6) is 0.827. The van der Waals surface area contributed by atoms with Gasteiger partial charge in [0.2, 0.25) is 0 Å². The van der Waals surface area contributed by atoms with E-state index in [1.165, 1.54) is 4.90 Å². The minimum Gasteiger partial charge on any atom is -0.484 e. The zero-order valence-electron chi connectivity index (χ0n) is 16.6. The molecule has 0 atom stereocenters. The van der Waals surface area contributed by atoms with E-state index in [0.717, 1.165) is 30.7 Å². The number of nitrogens with one attached hydrogen (secondary N) is 1. The first-order valence-electron chi connectivity index (χ1n) is 9.09. The Morgan fingerprint density at radius 3 is 2.04 bits per heavy atom. The average Bonchev–Trinajstić information content (AvgIpc) is 2.65. The number of ether oxygens (including phenoxy) is 2. The van der Waals surface area contributed by atoms with Crippen molar-refractivity contribution in [2.24, 2.45) is 0 Å². The van der Waals surface area contributed by atoms with E-state index >= 15 is 0 Å². The molecule has 0 bridgehead atoms. The Hall–Kier alpha value is -2.28. The van der Waals surface area contributed by atoms with Crippen LogP contribution in [0.3, 0.4) is 0 Å². The maximum Gasteiger partial charge on any atom is 0.414 e. The Morgan fingerprint density at radius 1 is 1.00 bits per heavy atom. The van der Waals surface area contributed by atoms with E-state index in [1.807, 2.05) is 0 Å². The monoisotopic (exact) mass is 366 g/mol. The first kappa shape index (κ1) is 21.8. The Kier molecular flexibility index (Phi) is 8.92. The van der Waals surface area contributed by atoms with Gasteiger partial charge in [-0.2, -0.15) is 0 Å². The van der Waals surface area contributed by atoms with E-state index in [0.29, 0.717) is 18.0 Å². The second-order valence-electron chi connectivity index (χ2n) is 6.39. The molecule has 0 saturated carbocycles. The predicted octanol–water partition coefficient (Wildman–Crippen LogP) is 2.12. The van der Waals surface area contributed by atoms with E-state index in [4.69, 9.17) is 9.47 Å². The SMILES string of the molecule is CC[N+](CC)(CC)CCNC(=O)COc1ccc(OC(=O)N(C)C)cc1. The van der Waals surface area contributed by atoms with Crippen LogP contribution in [0.4, 0.5) is 4.79 Å². The summed E-state index contributed by atoms with van der Waals surface area (Å²) >= 11 is 0. The number of hydrogen-bond acceptors (Lipinski definition) is 4. The molecule has 146 valence electrons. The molecule has 0 aliphatic carbocycles. The molecule has 7 nitrogen and oxygen atoms in total. The van der Waals surface area contributed by atoms with Gasteiger partial charge in [-0.3, -0.25) is 4.79 Å². The van der Waals surface area contributed by atoms with Crippen molar-refractivity contribution in [2.75, 3.05) is 53.4 Å². The molecule has 0 fully saturated rings. The highest BCUT2D eigenvalue weighted by Crippen LogP contribution is 2.18. The van der Waals surface area contributed by atoms with Crippen molar-refractivity contribution in [3.63, 3.8) is 0 Å². The van der Waals surface area contributed by atoms with Gasteiger partial charge in [-0.25, -0.2) is 4.79 Å². The molecule has 7 heteroatoms. The Balaban J connectivity index is 2.37. The summed E-state index contributed by atoms with van der Waals surface area (Å²) in [6, 6.07) is 6.59. The van der Waals surface area contributed by atoms with Gasteiger partial charge in [0.1, 0.15) is 11.5 Å². The molecule has 0 aliphatic rings. The third-order valence-electron chi connectivity index (χ3n) is 4.68. The van der Waals surface area contributed by atoms with Crippen LogP contribution < -0.4 is 14.8 Å². The van der Waals surface area contributed by atoms with Gasteiger partial charge in [-0.05, 0) is 45.0 Å². The van der Waals surface area contributed by atoms with E-state index in [2.05, 4.69) is 26.1 Å². The summed E-state index contributed by atoms with van der Waals surface area (Å²) in [6.07, 6.45) is -0.446. The molecule has 0 aliphatic heterocycles. The number of likely N-dealkylation sites (N-methyl/N-ethyl adjacent to an activating group) is 1. The zero-order valence-corrected chi connectivity index (χ0v) is 16.6. The smallest absolute Gasteiger partial charge is 0.414 e. The summed E-state index contributed by atoms with van der Waals surface area (Å²) < 4.78 is 11.6.